The molecule has 0 saturated carbocycles. The minimum absolute atomic E-state index is 0.0569. The first-order chi connectivity index (χ1) is 13.2. The van der Waals surface area contributed by atoms with E-state index in [9.17, 15) is 4.79 Å². The molecule has 0 radical (unpaired) electrons. The molecule has 0 fully saturated rings. The minimum Gasteiger partial charge on any atom is -0.494 e. The number of amides is 1. The second kappa shape index (κ2) is 9.29. The van der Waals surface area contributed by atoms with E-state index < -0.39 is 0 Å². The fraction of sp³-hybridized carbons (Fsp3) is 0.136. The highest BCUT2D eigenvalue weighted by Gasteiger charge is 2.04. The lowest BCUT2D eigenvalue weighted by Gasteiger charge is -2.10. The van der Waals surface area contributed by atoms with Gasteiger partial charge in [0.05, 0.1) is 6.61 Å². The second-order valence-corrected chi connectivity index (χ2v) is 5.81. The van der Waals surface area contributed by atoms with Gasteiger partial charge < -0.3 is 20.1 Å². The van der Waals surface area contributed by atoms with Crippen LogP contribution in [0, 0.1) is 0 Å². The first kappa shape index (κ1) is 18.3. The number of ether oxygens (including phenoxy) is 2. The molecule has 0 saturated heterocycles. The van der Waals surface area contributed by atoms with Crippen LogP contribution in [0.2, 0.25) is 0 Å². The summed E-state index contributed by atoms with van der Waals surface area (Å²) in [6.45, 7) is 2.48. The molecule has 0 aliphatic heterocycles. The molecule has 1 amide bonds. The molecule has 5 heteroatoms. The van der Waals surface area contributed by atoms with Gasteiger partial charge in [0, 0.05) is 17.1 Å². The van der Waals surface area contributed by atoms with Crippen LogP contribution in [0.25, 0.3) is 0 Å². The molecular formula is C22H22N2O3. The Morgan fingerprint density at radius 2 is 1.30 bits per heavy atom. The Balaban J connectivity index is 1.47. The van der Waals surface area contributed by atoms with E-state index >= 15 is 0 Å². The van der Waals surface area contributed by atoms with Crippen LogP contribution in [0.5, 0.6) is 11.5 Å². The lowest BCUT2D eigenvalue weighted by Crippen LogP contribution is -2.20. The maximum absolute atomic E-state index is 12.0. The van der Waals surface area contributed by atoms with Crippen LogP contribution in [0.1, 0.15) is 6.92 Å². The van der Waals surface area contributed by atoms with Crippen molar-refractivity contribution in [3.05, 3.63) is 78.9 Å². The number of carbonyl (C=O) groups is 1. The third-order valence-corrected chi connectivity index (χ3v) is 3.74. The highest BCUT2D eigenvalue weighted by molar-refractivity contribution is 5.91. The van der Waals surface area contributed by atoms with E-state index in [-0.39, 0.29) is 12.5 Å². The number of benzene rings is 3. The highest BCUT2D eigenvalue weighted by atomic mass is 16.5. The van der Waals surface area contributed by atoms with Crippen molar-refractivity contribution in [2.45, 2.75) is 6.92 Å². The quantitative estimate of drug-likeness (QED) is 0.602. The Morgan fingerprint density at radius 1 is 0.741 bits per heavy atom. The summed E-state index contributed by atoms with van der Waals surface area (Å²) in [6, 6.07) is 24.6. The van der Waals surface area contributed by atoms with Gasteiger partial charge in [-0.3, -0.25) is 4.79 Å². The summed E-state index contributed by atoms with van der Waals surface area (Å²) < 4.78 is 10.9. The molecule has 0 bridgehead atoms. The number of para-hydroxylation sites is 1. The van der Waals surface area contributed by atoms with Gasteiger partial charge in [-0.15, -0.1) is 0 Å². The van der Waals surface area contributed by atoms with Gasteiger partial charge in [0.15, 0.2) is 6.61 Å². The molecule has 3 rings (SSSR count). The summed E-state index contributed by atoms with van der Waals surface area (Å²) in [6.07, 6.45) is 0. The molecule has 0 atom stereocenters. The molecular weight excluding hydrogens is 340 g/mol. The Morgan fingerprint density at radius 3 is 1.93 bits per heavy atom. The lowest BCUT2D eigenvalue weighted by molar-refractivity contribution is -0.118. The third kappa shape index (κ3) is 5.78. The molecule has 0 aromatic heterocycles. The number of carbonyl (C=O) groups excluding carboxylic acids is 1. The van der Waals surface area contributed by atoms with Crippen molar-refractivity contribution in [1.29, 1.82) is 0 Å². The number of rotatable bonds is 8. The van der Waals surface area contributed by atoms with Crippen molar-refractivity contribution in [3.8, 4) is 11.5 Å². The van der Waals surface area contributed by atoms with Crippen LogP contribution in [0.3, 0.4) is 0 Å². The first-order valence-electron chi connectivity index (χ1n) is 8.80. The van der Waals surface area contributed by atoms with Crippen LogP contribution >= 0.6 is 0 Å². The fourth-order valence-electron chi connectivity index (χ4n) is 2.47. The van der Waals surface area contributed by atoms with E-state index in [4.69, 9.17) is 9.47 Å². The Labute approximate surface area is 158 Å². The van der Waals surface area contributed by atoms with Gasteiger partial charge in [-0.25, -0.2) is 0 Å². The second-order valence-electron chi connectivity index (χ2n) is 5.81. The molecule has 27 heavy (non-hydrogen) atoms. The van der Waals surface area contributed by atoms with E-state index in [1.807, 2.05) is 73.7 Å². The van der Waals surface area contributed by atoms with Crippen LogP contribution < -0.4 is 20.1 Å². The lowest BCUT2D eigenvalue weighted by atomic mass is 10.2. The summed E-state index contributed by atoms with van der Waals surface area (Å²) in [5.74, 6) is 1.19. The van der Waals surface area contributed by atoms with Crippen LogP contribution in [0.15, 0.2) is 78.9 Å². The average Bonchev–Trinajstić information content (AvgIpc) is 2.70. The number of hydrogen-bond donors (Lipinski definition) is 2. The molecule has 0 heterocycles. The zero-order valence-electron chi connectivity index (χ0n) is 15.1. The number of anilines is 3. The van der Waals surface area contributed by atoms with Crippen LogP contribution in [-0.4, -0.2) is 19.1 Å². The summed E-state index contributed by atoms with van der Waals surface area (Å²) in [7, 11) is 0. The summed E-state index contributed by atoms with van der Waals surface area (Å²) in [5, 5.41) is 6.09. The summed E-state index contributed by atoms with van der Waals surface area (Å²) in [5.41, 5.74) is 2.67. The van der Waals surface area contributed by atoms with Gasteiger partial charge in [0.25, 0.3) is 5.91 Å². The normalized spacial score (nSPS) is 10.1. The minimum atomic E-state index is -0.217. The van der Waals surface area contributed by atoms with Gasteiger partial charge in [-0.1, -0.05) is 18.2 Å². The zero-order valence-corrected chi connectivity index (χ0v) is 15.1. The van der Waals surface area contributed by atoms with Gasteiger partial charge in [0.1, 0.15) is 11.5 Å². The SMILES string of the molecule is CCOc1ccc(NC(=O)COc2ccc(Nc3ccccc3)cc2)cc1. The summed E-state index contributed by atoms with van der Waals surface area (Å²) >= 11 is 0. The standard InChI is InChI=1S/C22H22N2O3/c1-2-26-20-12-10-19(11-13-20)24-22(25)16-27-21-14-8-18(9-15-21)23-17-6-4-3-5-7-17/h3-15,23H,2,16H2,1H3,(H,24,25). The maximum atomic E-state index is 12.0. The van der Waals surface area contributed by atoms with E-state index in [0.717, 1.165) is 17.1 Å². The van der Waals surface area contributed by atoms with Crippen molar-refractivity contribution in [2.75, 3.05) is 23.8 Å². The van der Waals surface area contributed by atoms with E-state index in [0.29, 0.717) is 18.0 Å². The van der Waals surface area contributed by atoms with Crippen molar-refractivity contribution < 1.29 is 14.3 Å². The van der Waals surface area contributed by atoms with Crippen molar-refractivity contribution in [1.82, 2.24) is 0 Å². The van der Waals surface area contributed by atoms with E-state index in [1.165, 1.54) is 0 Å². The Bertz CT molecular complexity index is 847. The molecule has 5 nitrogen and oxygen atoms in total. The van der Waals surface area contributed by atoms with E-state index in [2.05, 4.69) is 10.6 Å². The monoisotopic (exact) mass is 362 g/mol. The zero-order chi connectivity index (χ0) is 18.9. The predicted octanol–water partition coefficient (Wildman–Crippen LogP) is 4.85. The largest absolute Gasteiger partial charge is 0.494 e. The van der Waals surface area contributed by atoms with E-state index in [1.54, 1.807) is 12.1 Å². The van der Waals surface area contributed by atoms with Crippen LogP contribution in [-0.2, 0) is 4.79 Å². The average molecular weight is 362 g/mol. The van der Waals surface area contributed by atoms with Gasteiger partial charge in [-0.2, -0.15) is 0 Å². The molecule has 3 aromatic rings. The number of hydrogen-bond acceptors (Lipinski definition) is 4. The molecule has 0 spiro atoms. The van der Waals surface area contributed by atoms with Gasteiger partial charge in [-0.05, 0) is 67.6 Å². The number of nitrogens with one attached hydrogen (secondary N) is 2. The smallest absolute Gasteiger partial charge is 0.262 e. The predicted molar refractivity (Wildman–Crippen MR) is 108 cm³/mol. The summed E-state index contributed by atoms with van der Waals surface area (Å²) in [4.78, 5) is 12.0. The Hall–Kier alpha value is -3.47. The molecule has 0 aliphatic carbocycles. The van der Waals surface area contributed by atoms with Crippen molar-refractivity contribution in [3.63, 3.8) is 0 Å². The van der Waals surface area contributed by atoms with Crippen molar-refractivity contribution >= 4 is 23.0 Å². The Kier molecular flexibility index (Phi) is 6.30. The topological polar surface area (TPSA) is 59.6 Å². The maximum Gasteiger partial charge on any atom is 0.262 e. The molecule has 138 valence electrons. The van der Waals surface area contributed by atoms with Gasteiger partial charge in [0.2, 0.25) is 0 Å². The van der Waals surface area contributed by atoms with Crippen molar-refractivity contribution in [2.24, 2.45) is 0 Å². The molecule has 2 N–H and O–H groups in total. The molecule has 0 unspecified atom stereocenters. The van der Waals surface area contributed by atoms with Gasteiger partial charge >= 0.3 is 0 Å². The molecule has 3 aromatic carbocycles. The molecule has 0 aliphatic rings. The first-order valence-corrected chi connectivity index (χ1v) is 8.80. The highest BCUT2D eigenvalue weighted by Crippen LogP contribution is 2.20. The fourth-order valence-corrected chi connectivity index (χ4v) is 2.47. The third-order valence-electron chi connectivity index (χ3n) is 3.74. The van der Waals surface area contributed by atoms with Crippen LogP contribution in [0.4, 0.5) is 17.1 Å².